The fourth-order valence-electron chi connectivity index (χ4n) is 4.21. The third-order valence-electron chi connectivity index (χ3n) is 5.68. The maximum atomic E-state index is 6.31. The van der Waals surface area contributed by atoms with Crippen LogP contribution < -0.4 is 10.1 Å². The number of rotatable bonds is 3. The number of aromatic nitrogens is 2. The van der Waals surface area contributed by atoms with Crippen molar-refractivity contribution < 1.29 is 9.47 Å². The van der Waals surface area contributed by atoms with Crippen LogP contribution in [0, 0.1) is 0 Å². The van der Waals surface area contributed by atoms with Gasteiger partial charge in [0.1, 0.15) is 17.0 Å². The van der Waals surface area contributed by atoms with Gasteiger partial charge in [0.25, 0.3) is 0 Å². The van der Waals surface area contributed by atoms with Gasteiger partial charge >= 0.3 is 0 Å². The fraction of sp³-hybridized carbons (Fsp3) is 0.364. The van der Waals surface area contributed by atoms with Gasteiger partial charge in [-0.15, -0.1) is 21.5 Å². The molecular weight excluding hydrogens is 370 g/mol. The van der Waals surface area contributed by atoms with Crippen molar-refractivity contribution in [1.82, 2.24) is 15.5 Å². The van der Waals surface area contributed by atoms with Gasteiger partial charge in [-0.05, 0) is 68.2 Å². The van der Waals surface area contributed by atoms with Crippen molar-refractivity contribution in [2.45, 2.75) is 24.9 Å². The molecule has 1 N–H and O–H groups in total. The van der Waals surface area contributed by atoms with Gasteiger partial charge in [-0.3, -0.25) is 0 Å². The van der Waals surface area contributed by atoms with E-state index in [0.29, 0.717) is 0 Å². The van der Waals surface area contributed by atoms with Crippen molar-refractivity contribution in [2.75, 3.05) is 26.8 Å². The average molecular weight is 394 g/mol. The largest absolute Gasteiger partial charge is 0.496 e. The van der Waals surface area contributed by atoms with Crippen LogP contribution >= 0.6 is 11.3 Å². The van der Waals surface area contributed by atoms with Crippen LogP contribution in [0.5, 0.6) is 5.75 Å². The molecule has 2 aliphatic rings. The summed E-state index contributed by atoms with van der Waals surface area (Å²) in [5.41, 5.74) is 4.01. The number of benzene rings is 1. The van der Waals surface area contributed by atoms with E-state index in [1.54, 1.807) is 7.11 Å². The number of fused-ring (bicyclic) bond motifs is 2. The van der Waals surface area contributed by atoms with Crippen molar-refractivity contribution in [3.05, 3.63) is 52.9 Å². The molecule has 6 heteroatoms. The van der Waals surface area contributed by atoms with E-state index in [9.17, 15) is 0 Å². The maximum Gasteiger partial charge on any atom is 0.128 e. The molecule has 4 heterocycles. The number of ether oxygens (including phenoxy) is 2. The minimum atomic E-state index is -0.105. The first-order chi connectivity index (χ1) is 13.8. The van der Waals surface area contributed by atoms with Crippen molar-refractivity contribution in [3.63, 3.8) is 0 Å². The lowest BCUT2D eigenvalue weighted by Gasteiger charge is -2.40. The minimum Gasteiger partial charge on any atom is -0.496 e. The molecule has 5 nitrogen and oxygen atoms in total. The molecule has 1 spiro atoms. The fourth-order valence-corrected chi connectivity index (χ4v) is 5.59. The molecule has 0 aliphatic carbocycles. The van der Waals surface area contributed by atoms with Crippen LogP contribution in [0.25, 0.3) is 21.8 Å². The molecule has 0 unspecified atom stereocenters. The molecule has 1 saturated heterocycles. The summed E-state index contributed by atoms with van der Waals surface area (Å²) in [6.07, 6.45) is 3.06. The first-order valence-electron chi connectivity index (χ1n) is 9.74. The monoisotopic (exact) mass is 393 g/mol. The molecule has 2 aliphatic heterocycles. The lowest BCUT2D eigenvalue weighted by molar-refractivity contribution is -0.0771. The van der Waals surface area contributed by atoms with Gasteiger partial charge in [0, 0.05) is 10.4 Å². The van der Waals surface area contributed by atoms with E-state index >= 15 is 0 Å². The Morgan fingerprint density at radius 2 is 1.86 bits per heavy atom. The summed E-state index contributed by atoms with van der Waals surface area (Å²) < 4.78 is 11.8. The van der Waals surface area contributed by atoms with Crippen molar-refractivity contribution in [1.29, 1.82) is 0 Å². The number of para-hydroxylation sites is 1. The summed E-state index contributed by atoms with van der Waals surface area (Å²) in [6, 6.07) is 14.3. The molecule has 1 fully saturated rings. The molecule has 0 saturated carbocycles. The Hall–Kier alpha value is -2.28. The zero-order valence-electron chi connectivity index (χ0n) is 15.9. The smallest absolute Gasteiger partial charge is 0.128 e. The number of hydrogen-bond donors (Lipinski definition) is 1. The van der Waals surface area contributed by atoms with Crippen LogP contribution in [-0.2, 0) is 16.8 Å². The highest BCUT2D eigenvalue weighted by Crippen LogP contribution is 2.46. The first-order valence-corrected chi connectivity index (χ1v) is 10.6. The third-order valence-corrected chi connectivity index (χ3v) is 7.07. The Balaban J connectivity index is 1.48. The highest BCUT2D eigenvalue weighted by Gasteiger charge is 2.40. The predicted octanol–water partition coefficient (Wildman–Crippen LogP) is 4.03. The highest BCUT2D eigenvalue weighted by molar-refractivity contribution is 7.15. The van der Waals surface area contributed by atoms with Crippen LogP contribution in [0.15, 0.2) is 42.5 Å². The Bertz CT molecular complexity index is 978. The molecule has 2 aromatic heterocycles. The molecule has 144 valence electrons. The Morgan fingerprint density at radius 3 is 2.64 bits per heavy atom. The van der Waals surface area contributed by atoms with E-state index in [-0.39, 0.29) is 5.60 Å². The van der Waals surface area contributed by atoms with E-state index < -0.39 is 0 Å². The average Bonchev–Trinajstić information content (AvgIpc) is 3.21. The number of nitrogens with one attached hydrogen (secondary N) is 1. The van der Waals surface area contributed by atoms with E-state index in [4.69, 9.17) is 9.47 Å². The zero-order chi connectivity index (χ0) is 19.0. The van der Waals surface area contributed by atoms with Crippen molar-refractivity contribution >= 4 is 11.3 Å². The summed E-state index contributed by atoms with van der Waals surface area (Å²) in [7, 11) is 1.68. The zero-order valence-corrected chi connectivity index (χ0v) is 16.7. The van der Waals surface area contributed by atoms with Gasteiger partial charge in [-0.2, -0.15) is 0 Å². The lowest BCUT2D eigenvalue weighted by atomic mass is 9.86. The van der Waals surface area contributed by atoms with Gasteiger partial charge in [-0.1, -0.05) is 12.1 Å². The second-order valence-corrected chi connectivity index (χ2v) is 8.36. The van der Waals surface area contributed by atoms with Crippen LogP contribution in [0.2, 0.25) is 0 Å². The summed E-state index contributed by atoms with van der Waals surface area (Å²) in [6.45, 7) is 2.84. The number of hydrogen-bond acceptors (Lipinski definition) is 6. The predicted molar refractivity (Wildman–Crippen MR) is 111 cm³/mol. The molecular formula is C22H23N3O2S. The molecule has 5 rings (SSSR count). The molecule has 0 atom stereocenters. The Labute approximate surface area is 168 Å². The van der Waals surface area contributed by atoms with Gasteiger partial charge in [0.05, 0.1) is 24.3 Å². The SMILES string of the molecule is COc1ccccc1-c1ccc(-c2cc3c(s2)C2(CCNCC2)OCC3)nn1. The third kappa shape index (κ3) is 3.02. The van der Waals surface area contributed by atoms with Crippen molar-refractivity contribution in [2.24, 2.45) is 0 Å². The number of methoxy groups -OCH3 is 1. The Kier molecular flexibility index (Phi) is 4.62. The van der Waals surface area contributed by atoms with Gasteiger partial charge in [0.15, 0.2) is 0 Å². The summed E-state index contributed by atoms with van der Waals surface area (Å²) >= 11 is 1.82. The van der Waals surface area contributed by atoms with Gasteiger partial charge < -0.3 is 14.8 Å². The van der Waals surface area contributed by atoms with E-state index in [0.717, 1.165) is 61.7 Å². The van der Waals surface area contributed by atoms with Gasteiger partial charge in [-0.25, -0.2) is 0 Å². The second kappa shape index (κ2) is 7.28. The second-order valence-electron chi connectivity index (χ2n) is 7.31. The number of thiophene rings is 1. The van der Waals surface area contributed by atoms with E-state index in [1.807, 2.05) is 41.7 Å². The first kappa shape index (κ1) is 17.8. The Morgan fingerprint density at radius 1 is 1.07 bits per heavy atom. The van der Waals surface area contributed by atoms with Crippen LogP contribution in [0.3, 0.4) is 0 Å². The highest BCUT2D eigenvalue weighted by atomic mass is 32.1. The molecule has 3 aromatic rings. The van der Waals surface area contributed by atoms with Gasteiger partial charge in [0.2, 0.25) is 0 Å². The van der Waals surface area contributed by atoms with Crippen LogP contribution in [0.1, 0.15) is 23.3 Å². The van der Waals surface area contributed by atoms with Crippen LogP contribution in [0.4, 0.5) is 0 Å². The summed E-state index contributed by atoms with van der Waals surface area (Å²) in [4.78, 5) is 2.57. The minimum absolute atomic E-state index is 0.105. The van der Waals surface area contributed by atoms with Crippen molar-refractivity contribution in [3.8, 4) is 27.6 Å². The topological polar surface area (TPSA) is 56.3 Å². The molecule has 0 radical (unpaired) electrons. The summed E-state index contributed by atoms with van der Waals surface area (Å²) in [5, 5.41) is 12.5. The molecule has 0 bridgehead atoms. The van der Waals surface area contributed by atoms with Crippen LogP contribution in [-0.4, -0.2) is 37.0 Å². The number of nitrogens with zero attached hydrogens (tertiary/aromatic N) is 2. The van der Waals surface area contributed by atoms with E-state index in [2.05, 4.69) is 27.6 Å². The van der Waals surface area contributed by atoms with E-state index in [1.165, 1.54) is 15.3 Å². The number of piperidine rings is 1. The standard InChI is InChI=1S/C22H23N3O2S/c1-26-19-5-3-2-4-16(19)17-6-7-18(25-24-17)20-14-15-8-13-27-22(21(15)28-20)9-11-23-12-10-22/h2-7,14,23H,8-13H2,1H3. The molecule has 1 aromatic carbocycles. The molecule has 0 amide bonds. The lowest BCUT2D eigenvalue weighted by Crippen LogP contribution is -2.43. The maximum absolute atomic E-state index is 6.31. The molecule has 28 heavy (non-hydrogen) atoms. The normalized spacial score (nSPS) is 18.0. The quantitative estimate of drug-likeness (QED) is 0.728. The summed E-state index contributed by atoms with van der Waals surface area (Å²) in [5.74, 6) is 0.807.